The maximum atomic E-state index is 3.82. The maximum Gasteiger partial charge on any atom is 0.0178 e. The first-order valence-electron chi connectivity index (χ1n) is 5.82. The van der Waals surface area contributed by atoms with Gasteiger partial charge in [0.1, 0.15) is 0 Å². The van der Waals surface area contributed by atoms with Crippen molar-refractivity contribution in [2.45, 2.75) is 26.2 Å². The van der Waals surface area contributed by atoms with E-state index in [0.717, 1.165) is 4.47 Å². The van der Waals surface area contributed by atoms with Crippen molar-refractivity contribution in [3.8, 4) is 0 Å². The topological polar surface area (TPSA) is 0 Å². The zero-order valence-corrected chi connectivity index (χ0v) is 12.1. The highest BCUT2D eigenvalue weighted by molar-refractivity contribution is 9.10. The van der Waals surface area contributed by atoms with Crippen LogP contribution in [0.5, 0.6) is 0 Å². The van der Waals surface area contributed by atoms with Gasteiger partial charge in [0.2, 0.25) is 0 Å². The van der Waals surface area contributed by atoms with Crippen molar-refractivity contribution >= 4 is 21.5 Å². The minimum absolute atomic E-state index is 0.0721. The summed E-state index contributed by atoms with van der Waals surface area (Å²) in [5.41, 5.74) is 5.46. The van der Waals surface area contributed by atoms with Crippen molar-refractivity contribution in [2.75, 3.05) is 0 Å². The molecule has 1 aromatic carbocycles. The molecule has 17 heavy (non-hydrogen) atoms. The third-order valence-corrected chi connectivity index (χ3v) is 3.98. The Bertz CT molecular complexity index is 530. The quantitative estimate of drug-likeness (QED) is 0.662. The Labute approximate surface area is 112 Å². The lowest BCUT2D eigenvalue weighted by Gasteiger charge is -2.21. The number of hydrogen-bond donors (Lipinski definition) is 0. The molecule has 2 rings (SSSR count). The summed E-state index contributed by atoms with van der Waals surface area (Å²) in [7, 11) is 0. The zero-order chi connectivity index (χ0) is 12.6. The van der Waals surface area contributed by atoms with Crippen LogP contribution in [0.2, 0.25) is 0 Å². The fraction of sp³-hybridized carbons (Fsp3) is 0.250. The normalized spacial score (nSPS) is 21.9. The smallest absolute Gasteiger partial charge is 0.0178 e. The van der Waals surface area contributed by atoms with Gasteiger partial charge in [-0.05, 0) is 41.3 Å². The van der Waals surface area contributed by atoms with E-state index in [-0.39, 0.29) is 5.41 Å². The SMILES string of the molecule is C=CC=C1/C(=C\C)C(C)(C)c2cc(Br)ccc21. The number of benzene rings is 1. The van der Waals surface area contributed by atoms with E-state index in [1.54, 1.807) is 0 Å². The molecule has 0 aromatic heterocycles. The molecule has 0 fully saturated rings. The second kappa shape index (κ2) is 4.30. The largest absolute Gasteiger partial charge is 0.0990 e. The summed E-state index contributed by atoms with van der Waals surface area (Å²) in [5, 5.41) is 0. The van der Waals surface area contributed by atoms with E-state index >= 15 is 0 Å². The Balaban J connectivity index is 2.78. The molecule has 1 aliphatic rings. The molecule has 0 saturated heterocycles. The van der Waals surface area contributed by atoms with Crippen LogP contribution in [0, 0.1) is 0 Å². The van der Waals surface area contributed by atoms with Crippen LogP contribution in [0.15, 0.2) is 53.1 Å². The van der Waals surface area contributed by atoms with Crippen LogP contribution in [0.4, 0.5) is 0 Å². The molecule has 1 aromatic rings. The molecule has 0 heterocycles. The van der Waals surface area contributed by atoms with Gasteiger partial charge in [0.15, 0.2) is 0 Å². The Morgan fingerprint density at radius 2 is 2.00 bits per heavy atom. The molecular formula is C16H17Br. The Hall–Kier alpha value is -1.08. The Kier molecular flexibility index (Phi) is 3.13. The number of hydrogen-bond acceptors (Lipinski definition) is 0. The number of allylic oxidation sites excluding steroid dienone is 5. The highest BCUT2D eigenvalue weighted by Crippen LogP contribution is 2.50. The van der Waals surface area contributed by atoms with Gasteiger partial charge >= 0.3 is 0 Å². The summed E-state index contributed by atoms with van der Waals surface area (Å²) >= 11 is 3.56. The standard InChI is InChI=1S/C16H17Br/c1-5-7-12-13-9-8-11(17)10-15(13)16(3,4)14(12)6-2/h5-10H,1H2,2-4H3/b12-7?,14-6+. The third kappa shape index (κ3) is 1.83. The van der Waals surface area contributed by atoms with Gasteiger partial charge in [-0.25, -0.2) is 0 Å². The molecule has 0 amide bonds. The first-order chi connectivity index (χ1) is 8.02. The second-order valence-corrected chi connectivity index (χ2v) is 5.75. The molecule has 0 N–H and O–H groups in total. The van der Waals surface area contributed by atoms with Gasteiger partial charge in [-0.1, -0.05) is 60.7 Å². The van der Waals surface area contributed by atoms with Crippen LogP contribution in [-0.2, 0) is 5.41 Å². The highest BCUT2D eigenvalue weighted by atomic mass is 79.9. The van der Waals surface area contributed by atoms with Gasteiger partial charge in [0, 0.05) is 9.89 Å². The lowest BCUT2D eigenvalue weighted by molar-refractivity contribution is 0.659. The second-order valence-electron chi connectivity index (χ2n) is 4.83. The molecule has 0 nitrogen and oxygen atoms in total. The monoisotopic (exact) mass is 288 g/mol. The van der Waals surface area contributed by atoms with Gasteiger partial charge in [-0.3, -0.25) is 0 Å². The average molecular weight is 289 g/mol. The average Bonchev–Trinajstić information content (AvgIpc) is 2.48. The van der Waals surface area contributed by atoms with Crippen molar-refractivity contribution in [2.24, 2.45) is 0 Å². The fourth-order valence-corrected chi connectivity index (χ4v) is 3.07. The lowest BCUT2D eigenvalue weighted by atomic mass is 9.82. The first-order valence-corrected chi connectivity index (χ1v) is 6.62. The van der Waals surface area contributed by atoms with Crippen LogP contribution in [0.25, 0.3) is 5.57 Å². The van der Waals surface area contributed by atoms with Crippen LogP contribution < -0.4 is 0 Å². The van der Waals surface area contributed by atoms with Gasteiger partial charge < -0.3 is 0 Å². The molecule has 0 unspecified atom stereocenters. The summed E-state index contributed by atoms with van der Waals surface area (Å²) in [6, 6.07) is 6.51. The van der Waals surface area contributed by atoms with E-state index in [0.29, 0.717) is 0 Å². The van der Waals surface area contributed by atoms with Crippen molar-refractivity contribution in [3.63, 3.8) is 0 Å². The van der Waals surface area contributed by atoms with Gasteiger partial charge in [0.25, 0.3) is 0 Å². The van der Waals surface area contributed by atoms with Crippen molar-refractivity contribution in [1.29, 1.82) is 0 Å². The molecule has 1 heteroatoms. The van der Waals surface area contributed by atoms with E-state index in [1.807, 2.05) is 6.08 Å². The number of halogens is 1. The molecule has 0 aliphatic heterocycles. The molecule has 88 valence electrons. The van der Waals surface area contributed by atoms with Crippen LogP contribution in [0.3, 0.4) is 0 Å². The summed E-state index contributed by atoms with van der Waals surface area (Å²) in [5.74, 6) is 0. The van der Waals surface area contributed by atoms with E-state index in [1.165, 1.54) is 22.3 Å². The zero-order valence-electron chi connectivity index (χ0n) is 10.5. The van der Waals surface area contributed by atoms with Gasteiger partial charge in [-0.2, -0.15) is 0 Å². The summed E-state index contributed by atoms with van der Waals surface area (Å²) in [6.45, 7) is 10.5. The molecule has 0 saturated carbocycles. The summed E-state index contributed by atoms with van der Waals surface area (Å²) in [4.78, 5) is 0. The maximum absolute atomic E-state index is 3.82. The Morgan fingerprint density at radius 3 is 2.59 bits per heavy atom. The van der Waals surface area contributed by atoms with Crippen molar-refractivity contribution < 1.29 is 0 Å². The number of fused-ring (bicyclic) bond motifs is 1. The molecule has 0 spiro atoms. The van der Waals surface area contributed by atoms with Gasteiger partial charge in [-0.15, -0.1) is 0 Å². The first kappa shape index (κ1) is 12.4. The van der Waals surface area contributed by atoms with Crippen LogP contribution in [0.1, 0.15) is 31.9 Å². The molecule has 0 bridgehead atoms. The Morgan fingerprint density at radius 1 is 1.29 bits per heavy atom. The summed E-state index contributed by atoms with van der Waals surface area (Å²) in [6.07, 6.45) is 6.19. The predicted molar refractivity (Wildman–Crippen MR) is 79.1 cm³/mol. The van der Waals surface area contributed by atoms with E-state index in [4.69, 9.17) is 0 Å². The molecule has 1 aliphatic carbocycles. The molecule has 0 atom stereocenters. The fourth-order valence-electron chi connectivity index (χ4n) is 2.71. The molecular weight excluding hydrogens is 272 g/mol. The van der Waals surface area contributed by atoms with Crippen molar-refractivity contribution in [1.82, 2.24) is 0 Å². The minimum atomic E-state index is 0.0721. The van der Waals surface area contributed by atoms with Crippen molar-refractivity contribution in [3.05, 3.63) is 64.2 Å². The van der Waals surface area contributed by atoms with E-state index < -0.39 is 0 Å². The lowest BCUT2D eigenvalue weighted by Crippen LogP contribution is -2.14. The summed E-state index contributed by atoms with van der Waals surface area (Å²) < 4.78 is 1.14. The van der Waals surface area contributed by atoms with Crippen LogP contribution >= 0.6 is 15.9 Å². The predicted octanol–water partition coefficient (Wildman–Crippen LogP) is 5.26. The highest BCUT2D eigenvalue weighted by Gasteiger charge is 2.37. The van der Waals surface area contributed by atoms with E-state index in [9.17, 15) is 0 Å². The van der Waals surface area contributed by atoms with Gasteiger partial charge in [0.05, 0.1) is 0 Å². The van der Waals surface area contributed by atoms with Crippen LogP contribution in [-0.4, -0.2) is 0 Å². The number of rotatable bonds is 1. The molecule has 0 radical (unpaired) electrons. The van der Waals surface area contributed by atoms with E-state index in [2.05, 4.69) is 73.6 Å². The third-order valence-electron chi connectivity index (χ3n) is 3.48. The minimum Gasteiger partial charge on any atom is -0.0990 e.